The second kappa shape index (κ2) is 11.7. The molecule has 1 fully saturated rings. The Morgan fingerprint density at radius 1 is 1.14 bits per heavy atom. The third-order valence-corrected chi connectivity index (χ3v) is 5.41. The third kappa shape index (κ3) is 6.38. The SMILES string of the molecule is CCN1CCN(C(C)CNC(=NC)NCCc2ccc3c(c2)OCO3)CC1.I. The number of nitrogens with zero attached hydrogens (tertiary/aromatic N) is 3. The number of guanidine groups is 1. The van der Waals surface area contributed by atoms with Gasteiger partial charge >= 0.3 is 0 Å². The Bertz CT molecular complexity index is 635. The number of fused-ring (bicyclic) bond motifs is 1. The normalized spacial score (nSPS) is 18.5. The molecule has 0 aromatic heterocycles. The number of halogens is 1. The molecule has 0 radical (unpaired) electrons. The van der Waals surface area contributed by atoms with Crippen LogP contribution in [-0.2, 0) is 6.42 Å². The molecule has 0 spiro atoms. The second-order valence-corrected chi connectivity index (χ2v) is 7.14. The molecule has 2 aliphatic heterocycles. The monoisotopic (exact) mass is 503 g/mol. The lowest BCUT2D eigenvalue weighted by atomic mass is 10.1. The average molecular weight is 503 g/mol. The number of aliphatic imine (C=N–C) groups is 1. The zero-order chi connectivity index (χ0) is 19.1. The lowest BCUT2D eigenvalue weighted by Gasteiger charge is -2.37. The number of piperazine rings is 1. The number of likely N-dealkylation sites (N-methyl/N-ethyl adjacent to an activating group) is 1. The van der Waals surface area contributed by atoms with Gasteiger partial charge in [-0.15, -0.1) is 24.0 Å². The molecule has 1 unspecified atom stereocenters. The highest BCUT2D eigenvalue weighted by Gasteiger charge is 2.20. The molecule has 28 heavy (non-hydrogen) atoms. The fourth-order valence-electron chi connectivity index (χ4n) is 3.54. The van der Waals surface area contributed by atoms with Crippen LogP contribution in [0.25, 0.3) is 0 Å². The van der Waals surface area contributed by atoms with Crippen LogP contribution in [0.5, 0.6) is 11.5 Å². The van der Waals surface area contributed by atoms with E-state index in [2.05, 4.69) is 51.4 Å². The molecular formula is C20H34IN5O2. The Morgan fingerprint density at radius 2 is 1.89 bits per heavy atom. The molecule has 2 heterocycles. The van der Waals surface area contributed by atoms with Crippen LogP contribution >= 0.6 is 24.0 Å². The Kier molecular flexibility index (Phi) is 9.60. The summed E-state index contributed by atoms with van der Waals surface area (Å²) in [6.07, 6.45) is 0.909. The van der Waals surface area contributed by atoms with Crippen molar-refractivity contribution in [3.63, 3.8) is 0 Å². The molecule has 2 N–H and O–H groups in total. The van der Waals surface area contributed by atoms with Crippen LogP contribution in [0.4, 0.5) is 0 Å². The minimum atomic E-state index is 0. The van der Waals surface area contributed by atoms with Crippen LogP contribution in [0.2, 0.25) is 0 Å². The van der Waals surface area contributed by atoms with Crippen molar-refractivity contribution in [2.24, 2.45) is 4.99 Å². The molecular weight excluding hydrogens is 469 g/mol. The number of rotatable bonds is 7. The summed E-state index contributed by atoms with van der Waals surface area (Å²) in [4.78, 5) is 9.40. The zero-order valence-electron chi connectivity index (χ0n) is 17.2. The van der Waals surface area contributed by atoms with Gasteiger partial charge in [-0.25, -0.2) is 0 Å². The summed E-state index contributed by atoms with van der Waals surface area (Å²) >= 11 is 0. The number of nitrogens with one attached hydrogen (secondary N) is 2. The van der Waals surface area contributed by atoms with Crippen LogP contribution in [0.3, 0.4) is 0 Å². The third-order valence-electron chi connectivity index (χ3n) is 5.41. The van der Waals surface area contributed by atoms with Gasteiger partial charge in [0, 0.05) is 52.4 Å². The van der Waals surface area contributed by atoms with Gasteiger partial charge < -0.3 is 25.0 Å². The van der Waals surface area contributed by atoms with Gasteiger partial charge in [-0.2, -0.15) is 0 Å². The van der Waals surface area contributed by atoms with Crippen LogP contribution in [0.15, 0.2) is 23.2 Å². The van der Waals surface area contributed by atoms with E-state index in [1.165, 1.54) is 18.7 Å². The molecule has 1 aromatic rings. The first-order valence-corrected chi connectivity index (χ1v) is 9.99. The summed E-state index contributed by atoms with van der Waals surface area (Å²) in [7, 11) is 1.82. The second-order valence-electron chi connectivity index (χ2n) is 7.14. The van der Waals surface area contributed by atoms with Gasteiger partial charge in [-0.05, 0) is 37.6 Å². The molecule has 1 atom stereocenters. The average Bonchev–Trinajstić information content (AvgIpc) is 3.18. The first kappa shape index (κ1) is 23.0. The fourth-order valence-corrected chi connectivity index (χ4v) is 3.54. The first-order chi connectivity index (χ1) is 13.2. The van der Waals surface area contributed by atoms with Crippen molar-refractivity contribution in [3.8, 4) is 11.5 Å². The van der Waals surface area contributed by atoms with Gasteiger partial charge in [0.15, 0.2) is 17.5 Å². The smallest absolute Gasteiger partial charge is 0.231 e. The van der Waals surface area contributed by atoms with Crippen molar-refractivity contribution in [1.82, 2.24) is 20.4 Å². The summed E-state index contributed by atoms with van der Waals surface area (Å²) in [5, 5.41) is 6.86. The highest BCUT2D eigenvalue weighted by atomic mass is 127. The Balaban J connectivity index is 0.00000280. The Labute approximate surface area is 185 Å². The van der Waals surface area contributed by atoms with Crippen LogP contribution in [-0.4, -0.2) is 81.5 Å². The van der Waals surface area contributed by atoms with Gasteiger partial charge in [0.2, 0.25) is 6.79 Å². The van der Waals surface area contributed by atoms with E-state index in [0.29, 0.717) is 12.8 Å². The molecule has 0 amide bonds. The molecule has 0 saturated carbocycles. The van der Waals surface area contributed by atoms with Crippen molar-refractivity contribution in [2.75, 3.05) is 59.7 Å². The maximum atomic E-state index is 5.44. The minimum Gasteiger partial charge on any atom is -0.454 e. The minimum absolute atomic E-state index is 0. The summed E-state index contributed by atoms with van der Waals surface area (Å²) in [5.74, 6) is 2.53. The number of benzene rings is 1. The van der Waals surface area contributed by atoms with E-state index >= 15 is 0 Å². The number of hydrogen-bond acceptors (Lipinski definition) is 5. The molecule has 1 aromatic carbocycles. The topological polar surface area (TPSA) is 61.4 Å². The van der Waals surface area contributed by atoms with E-state index < -0.39 is 0 Å². The molecule has 7 nitrogen and oxygen atoms in total. The Morgan fingerprint density at radius 3 is 2.61 bits per heavy atom. The molecule has 0 bridgehead atoms. The lowest BCUT2D eigenvalue weighted by molar-refractivity contribution is 0.107. The predicted molar refractivity (Wildman–Crippen MR) is 124 cm³/mol. The highest BCUT2D eigenvalue weighted by molar-refractivity contribution is 14.0. The van der Waals surface area contributed by atoms with Gasteiger partial charge in [-0.1, -0.05) is 13.0 Å². The van der Waals surface area contributed by atoms with Gasteiger partial charge in [0.25, 0.3) is 0 Å². The quantitative estimate of drug-likeness (QED) is 0.336. The number of ether oxygens (including phenoxy) is 2. The van der Waals surface area contributed by atoms with Crippen molar-refractivity contribution < 1.29 is 9.47 Å². The highest BCUT2D eigenvalue weighted by Crippen LogP contribution is 2.32. The van der Waals surface area contributed by atoms with E-state index in [9.17, 15) is 0 Å². The van der Waals surface area contributed by atoms with E-state index in [0.717, 1.165) is 56.6 Å². The van der Waals surface area contributed by atoms with Crippen molar-refractivity contribution in [3.05, 3.63) is 23.8 Å². The molecule has 2 aliphatic rings. The lowest BCUT2D eigenvalue weighted by Crippen LogP contribution is -2.53. The fraction of sp³-hybridized carbons (Fsp3) is 0.650. The Hall–Kier alpha value is -1.26. The van der Waals surface area contributed by atoms with Crippen LogP contribution in [0, 0.1) is 0 Å². The van der Waals surface area contributed by atoms with Crippen LogP contribution < -0.4 is 20.1 Å². The largest absolute Gasteiger partial charge is 0.454 e. The van der Waals surface area contributed by atoms with Crippen LogP contribution in [0.1, 0.15) is 19.4 Å². The van der Waals surface area contributed by atoms with Gasteiger partial charge in [0.05, 0.1) is 0 Å². The molecule has 0 aliphatic carbocycles. The maximum absolute atomic E-state index is 5.44. The summed E-state index contributed by atoms with van der Waals surface area (Å²) in [6, 6.07) is 6.61. The maximum Gasteiger partial charge on any atom is 0.231 e. The first-order valence-electron chi connectivity index (χ1n) is 9.99. The van der Waals surface area contributed by atoms with E-state index in [4.69, 9.17) is 9.47 Å². The summed E-state index contributed by atoms with van der Waals surface area (Å²) < 4.78 is 10.8. The van der Waals surface area contributed by atoms with Gasteiger partial charge in [0.1, 0.15) is 0 Å². The van der Waals surface area contributed by atoms with Crippen molar-refractivity contribution in [2.45, 2.75) is 26.3 Å². The summed E-state index contributed by atoms with van der Waals surface area (Å²) in [5.41, 5.74) is 1.23. The van der Waals surface area contributed by atoms with Gasteiger partial charge in [-0.3, -0.25) is 9.89 Å². The van der Waals surface area contributed by atoms with Crippen molar-refractivity contribution >= 4 is 29.9 Å². The standard InChI is InChI=1S/C20H33N5O2.HI/c1-4-24-9-11-25(12-10-24)16(2)14-23-20(21-3)22-8-7-17-5-6-18-19(13-17)27-15-26-18;/h5-6,13,16H,4,7-12,14-15H2,1-3H3,(H2,21,22,23);1H. The summed E-state index contributed by atoms with van der Waals surface area (Å²) in [6.45, 7) is 12.3. The molecule has 158 valence electrons. The van der Waals surface area contributed by atoms with Crippen molar-refractivity contribution in [1.29, 1.82) is 0 Å². The molecule has 3 rings (SSSR count). The molecule has 8 heteroatoms. The van der Waals surface area contributed by atoms with E-state index in [1.807, 2.05) is 13.1 Å². The molecule has 1 saturated heterocycles. The zero-order valence-corrected chi connectivity index (χ0v) is 19.6. The van der Waals surface area contributed by atoms with E-state index in [1.54, 1.807) is 0 Å². The van der Waals surface area contributed by atoms with E-state index in [-0.39, 0.29) is 24.0 Å². The predicted octanol–water partition coefficient (Wildman–Crippen LogP) is 1.77. The number of hydrogen-bond donors (Lipinski definition) is 2.